The second kappa shape index (κ2) is 3.18. The first kappa shape index (κ1) is 8.81. The molecule has 1 heterocycles. The number of aromatic nitrogens is 1. The molecule has 0 saturated heterocycles. The maximum absolute atomic E-state index is 3.96. The third-order valence-corrected chi connectivity index (χ3v) is 3.13. The van der Waals surface area contributed by atoms with Gasteiger partial charge in [0.2, 0.25) is 0 Å². The Labute approximate surface area is 91.6 Å². The van der Waals surface area contributed by atoms with Gasteiger partial charge < -0.3 is 0 Å². The summed E-state index contributed by atoms with van der Waals surface area (Å²) in [6.45, 7) is 5.99. The van der Waals surface area contributed by atoms with Crippen LogP contribution in [0.25, 0.3) is 16.5 Å². The first-order valence-corrected chi connectivity index (χ1v) is 5.09. The van der Waals surface area contributed by atoms with Gasteiger partial charge in [0.1, 0.15) is 0 Å². The first-order valence-electron chi connectivity index (χ1n) is 4.12. The van der Waals surface area contributed by atoms with Crippen LogP contribution in [0.3, 0.4) is 0 Å². The highest BCUT2D eigenvalue weighted by molar-refractivity contribution is 14.1. The van der Waals surface area contributed by atoms with Crippen LogP contribution in [-0.4, -0.2) is 2.78 Å². The zero-order chi connectivity index (χ0) is 9.42. The monoisotopic (exact) mass is 283 g/mol. The van der Waals surface area contributed by atoms with Crippen LogP contribution >= 0.6 is 22.9 Å². The molecular weight excluding hydrogens is 273 g/mol. The molecule has 0 N–H and O–H groups in total. The Morgan fingerprint density at radius 2 is 2.08 bits per heavy atom. The summed E-state index contributed by atoms with van der Waals surface area (Å²) in [4.78, 5) is 0. The molecule has 0 unspecified atom stereocenters. The van der Waals surface area contributed by atoms with Crippen LogP contribution in [0, 0.1) is 0 Å². The molecule has 0 radical (unpaired) electrons. The predicted molar refractivity (Wildman–Crippen MR) is 66.1 cm³/mol. The van der Waals surface area contributed by atoms with E-state index in [-0.39, 0.29) is 0 Å². The molecule has 2 aromatic rings. The van der Waals surface area contributed by atoms with Gasteiger partial charge in [0.05, 0.1) is 34.1 Å². The van der Waals surface area contributed by atoms with E-state index in [1.54, 1.807) is 0 Å². The summed E-state index contributed by atoms with van der Waals surface area (Å²) in [5.74, 6) is 0. The lowest BCUT2D eigenvalue weighted by Crippen LogP contribution is -1.84. The Morgan fingerprint density at radius 1 is 1.38 bits per heavy atom. The highest BCUT2D eigenvalue weighted by Gasteiger charge is 2.05. The van der Waals surface area contributed by atoms with Gasteiger partial charge in [-0.3, -0.25) is 2.78 Å². The zero-order valence-corrected chi connectivity index (χ0v) is 9.58. The van der Waals surface area contributed by atoms with Gasteiger partial charge in [-0.25, -0.2) is 0 Å². The number of rotatable bonds is 1. The molecule has 0 bridgehead atoms. The minimum atomic E-state index is 1.10. The van der Waals surface area contributed by atoms with E-state index in [2.05, 4.69) is 62.6 Å². The van der Waals surface area contributed by atoms with E-state index in [1.165, 1.54) is 16.6 Å². The number of hydrogen-bond donors (Lipinski definition) is 0. The van der Waals surface area contributed by atoms with Crippen LogP contribution < -0.4 is 0 Å². The topological polar surface area (TPSA) is 4.93 Å². The molecule has 0 aliphatic heterocycles. The second-order valence-electron chi connectivity index (χ2n) is 3.15. The Kier molecular flexibility index (Phi) is 2.15. The molecule has 1 nitrogen and oxygen atoms in total. The lowest BCUT2D eigenvalue weighted by molar-refractivity contribution is 1.35. The Balaban J connectivity index is 2.81. The molecule has 13 heavy (non-hydrogen) atoms. The summed E-state index contributed by atoms with van der Waals surface area (Å²) >= 11 is 2.30. The molecule has 1 aromatic carbocycles. The van der Waals surface area contributed by atoms with Gasteiger partial charge in [0.25, 0.3) is 0 Å². The first-order chi connectivity index (χ1) is 6.20. The summed E-state index contributed by atoms with van der Waals surface area (Å²) < 4.78 is 2.15. The molecule has 0 fully saturated rings. The lowest BCUT2D eigenvalue weighted by atomic mass is 10.2. The van der Waals surface area contributed by atoms with Crippen LogP contribution in [0.2, 0.25) is 0 Å². The van der Waals surface area contributed by atoms with Crippen molar-refractivity contribution in [3.05, 3.63) is 42.6 Å². The average molecular weight is 283 g/mol. The summed E-state index contributed by atoms with van der Waals surface area (Å²) in [7, 11) is 0. The molecule has 0 spiro atoms. The van der Waals surface area contributed by atoms with Gasteiger partial charge in [0.15, 0.2) is 0 Å². The molecule has 2 heteroatoms. The van der Waals surface area contributed by atoms with Crippen LogP contribution in [0.15, 0.2) is 36.9 Å². The van der Waals surface area contributed by atoms with Crippen molar-refractivity contribution in [3.8, 4) is 0 Å². The van der Waals surface area contributed by atoms with Gasteiger partial charge in [-0.15, -0.1) is 0 Å². The fourth-order valence-corrected chi connectivity index (χ4v) is 2.40. The van der Waals surface area contributed by atoms with Gasteiger partial charge in [0, 0.05) is 5.39 Å². The quantitative estimate of drug-likeness (QED) is 0.700. The van der Waals surface area contributed by atoms with E-state index < -0.39 is 0 Å². The number of allylic oxidation sites excluding steroid dienone is 1. The number of fused-ring (bicyclic) bond motifs is 1. The molecule has 0 atom stereocenters. The highest BCUT2D eigenvalue weighted by Crippen LogP contribution is 2.25. The van der Waals surface area contributed by atoms with E-state index in [1.807, 2.05) is 6.92 Å². The molecule has 2 rings (SSSR count). The Morgan fingerprint density at radius 3 is 2.69 bits per heavy atom. The van der Waals surface area contributed by atoms with Crippen LogP contribution in [-0.2, 0) is 0 Å². The Hall–Kier alpha value is -0.770. The summed E-state index contributed by atoms with van der Waals surface area (Å²) in [6.07, 6.45) is 0. The summed E-state index contributed by atoms with van der Waals surface area (Å²) in [6, 6.07) is 10.5. The number of benzene rings is 1. The van der Waals surface area contributed by atoms with Crippen LogP contribution in [0.4, 0.5) is 0 Å². The van der Waals surface area contributed by atoms with Crippen molar-refractivity contribution >= 4 is 39.3 Å². The smallest absolute Gasteiger partial charge is 0.0646 e. The number of nitrogens with zero attached hydrogens (tertiary/aromatic N) is 1. The van der Waals surface area contributed by atoms with E-state index in [0.717, 1.165) is 5.57 Å². The van der Waals surface area contributed by atoms with Crippen molar-refractivity contribution in [2.24, 2.45) is 0 Å². The third kappa shape index (κ3) is 1.39. The largest absolute Gasteiger partial charge is 0.282 e. The van der Waals surface area contributed by atoms with Gasteiger partial charge >= 0.3 is 0 Å². The van der Waals surface area contributed by atoms with E-state index in [0.29, 0.717) is 0 Å². The van der Waals surface area contributed by atoms with E-state index >= 15 is 0 Å². The predicted octanol–water partition coefficient (Wildman–Crippen LogP) is 3.87. The zero-order valence-electron chi connectivity index (χ0n) is 7.42. The van der Waals surface area contributed by atoms with Gasteiger partial charge in [-0.2, -0.15) is 0 Å². The molecule has 0 saturated carbocycles. The standard InChI is InChI=1S/C11H10IN/c1-8(2)11-7-9-5-3-4-6-10(9)13(11)12/h3-7H,1H2,2H3. The van der Waals surface area contributed by atoms with Crippen molar-refractivity contribution < 1.29 is 0 Å². The Bertz CT molecular complexity index is 468. The van der Waals surface area contributed by atoms with Crippen molar-refractivity contribution in [2.75, 3.05) is 0 Å². The molecular formula is C11H10IN. The fourth-order valence-electron chi connectivity index (χ4n) is 1.41. The number of hydrogen-bond acceptors (Lipinski definition) is 0. The molecule has 0 amide bonds. The van der Waals surface area contributed by atoms with E-state index in [9.17, 15) is 0 Å². The molecule has 0 aliphatic rings. The SMILES string of the molecule is C=C(C)c1cc2ccccc2n1I. The third-order valence-electron chi connectivity index (χ3n) is 2.09. The van der Waals surface area contributed by atoms with Crippen LogP contribution in [0.1, 0.15) is 12.6 Å². The molecule has 1 aromatic heterocycles. The van der Waals surface area contributed by atoms with Crippen molar-refractivity contribution in [2.45, 2.75) is 6.92 Å². The van der Waals surface area contributed by atoms with Gasteiger partial charge in [-0.05, 0) is 24.6 Å². The van der Waals surface area contributed by atoms with E-state index in [4.69, 9.17) is 0 Å². The van der Waals surface area contributed by atoms with Crippen molar-refractivity contribution in [1.82, 2.24) is 2.78 Å². The maximum atomic E-state index is 3.96. The van der Waals surface area contributed by atoms with Crippen LogP contribution in [0.5, 0.6) is 0 Å². The number of halogens is 1. The fraction of sp³-hybridized carbons (Fsp3) is 0.0909. The lowest BCUT2D eigenvalue weighted by Gasteiger charge is -1.99. The minimum Gasteiger partial charge on any atom is -0.282 e. The van der Waals surface area contributed by atoms with Crippen molar-refractivity contribution in [1.29, 1.82) is 0 Å². The van der Waals surface area contributed by atoms with Crippen molar-refractivity contribution in [3.63, 3.8) is 0 Å². The second-order valence-corrected chi connectivity index (χ2v) is 4.11. The molecule has 66 valence electrons. The molecule has 0 aliphatic carbocycles. The highest BCUT2D eigenvalue weighted by atomic mass is 127. The minimum absolute atomic E-state index is 1.10. The van der Waals surface area contributed by atoms with Gasteiger partial charge in [-0.1, -0.05) is 24.8 Å². The summed E-state index contributed by atoms with van der Waals surface area (Å²) in [5, 5.41) is 1.27. The maximum Gasteiger partial charge on any atom is 0.0646 e. The summed E-state index contributed by atoms with van der Waals surface area (Å²) in [5.41, 5.74) is 3.55. The normalized spacial score (nSPS) is 10.6. The number of para-hydroxylation sites is 1. The average Bonchev–Trinajstić information content (AvgIpc) is 2.45.